The molecule has 0 aliphatic carbocycles. The maximum absolute atomic E-state index is 12.0. The predicted molar refractivity (Wildman–Crippen MR) is 85.3 cm³/mol. The highest BCUT2D eigenvalue weighted by atomic mass is 32.2. The highest BCUT2D eigenvalue weighted by molar-refractivity contribution is 7.99. The van der Waals surface area contributed by atoms with Crippen LogP contribution in [0.1, 0.15) is 13.8 Å². The van der Waals surface area contributed by atoms with Crippen LogP contribution in [0, 0.1) is 0 Å². The van der Waals surface area contributed by atoms with E-state index in [9.17, 15) is 4.79 Å². The summed E-state index contributed by atoms with van der Waals surface area (Å²) in [6.45, 7) is 5.20. The highest BCUT2D eigenvalue weighted by Gasteiger charge is 2.16. The Labute approximate surface area is 118 Å². The number of aromatic nitrogens is 1. The zero-order valence-electron chi connectivity index (χ0n) is 11.9. The summed E-state index contributed by atoms with van der Waals surface area (Å²) in [5.41, 5.74) is 1.89. The second-order valence-electron chi connectivity index (χ2n) is 5.29. The van der Waals surface area contributed by atoms with E-state index in [-0.39, 0.29) is 10.3 Å². The van der Waals surface area contributed by atoms with Gasteiger partial charge >= 0.3 is 0 Å². The molecule has 2 rings (SSSR count). The molecule has 0 saturated heterocycles. The van der Waals surface area contributed by atoms with Crippen LogP contribution in [-0.4, -0.2) is 22.1 Å². The number of para-hydroxylation sites is 1. The molecule has 0 aliphatic heterocycles. The van der Waals surface area contributed by atoms with Gasteiger partial charge in [0.1, 0.15) is 0 Å². The summed E-state index contributed by atoms with van der Waals surface area (Å²) in [6, 6.07) is 9.65. The monoisotopic (exact) mass is 276 g/mol. The largest absolute Gasteiger partial charge is 0.383 e. The molecule has 4 heteroatoms. The maximum atomic E-state index is 12.0. The number of hydrogen-bond donors (Lipinski definition) is 1. The summed E-state index contributed by atoms with van der Waals surface area (Å²) in [6.07, 6.45) is 2.10. The van der Waals surface area contributed by atoms with Gasteiger partial charge in [-0.15, -0.1) is 0 Å². The molecule has 1 aromatic heterocycles. The van der Waals surface area contributed by atoms with Crippen LogP contribution in [-0.2, 0) is 7.05 Å². The van der Waals surface area contributed by atoms with Crippen molar-refractivity contribution in [3.8, 4) is 0 Å². The van der Waals surface area contributed by atoms with Gasteiger partial charge < -0.3 is 9.88 Å². The molecule has 1 heterocycles. The lowest BCUT2D eigenvalue weighted by molar-refractivity contribution is 0.752. The molecule has 3 nitrogen and oxygen atoms in total. The number of hydrogen-bond acceptors (Lipinski definition) is 3. The fraction of sp³-hybridized carbons (Fsp3) is 0.400. The molecular formula is C15H20N2OS. The van der Waals surface area contributed by atoms with Crippen molar-refractivity contribution in [3.05, 3.63) is 40.7 Å². The van der Waals surface area contributed by atoms with Crippen LogP contribution in [0.3, 0.4) is 0 Å². The van der Waals surface area contributed by atoms with Crippen molar-refractivity contribution in [2.75, 3.05) is 18.1 Å². The minimum Gasteiger partial charge on any atom is -0.383 e. The fourth-order valence-electron chi connectivity index (χ4n) is 1.94. The fourth-order valence-corrected chi connectivity index (χ4v) is 2.15. The summed E-state index contributed by atoms with van der Waals surface area (Å²) in [4.78, 5) is 12.0. The first-order valence-corrected chi connectivity index (χ1v) is 7.55. The molecule has 0 bridgehead atoms. The van der Waals surface area contributed by atoms with E-state index >= 15 is 0 Å². The molecule has 19 heavy (non-hydrogen) atoms. The number of aryl methyl sites for hydroxylation is 1. The minimum atomic E-state index is 0.0168. The Kier molecular flexibility index (Phi) is 3.90. The second-order valence-corrected chi connectivity index (χ2v) is 6.80. The third kappa shape index (κ3) is 2.95. The van der Waals surface area contributed by atoms with Crippen molar-refractivity contribution in [2.24, 2.45) is 7.05 Å². The van der Waals surface area contributed by atoms with Crippen LogP contribution in [0.5, 0.6) is 0 Å². The van der Waals surface area contributed by atoms with Crippen molar-refractivity contribution >= 4 is 28.4 Å². The molecule has 0 unspecified atom stereocenters. The lowest BCUT2D eigenvalue weighted by atomic mass is 10.1. The van der Waals surface area contributed by atoms with E-state index in [1.165, 1.54) is 0 Å². The van der Waals surface area contributed by atoms with E-state index in [0.29, 0.717) is 0 Å². The first kappa shape index (κ1) is 14.0. The van der Waals surface area contributed by atoms with Crippen molar-refractivity contribution in [1.82, 2.24) is 4.57 Å². The number of benzene rings is 1. The molecule has 2 aromatic rings. The highest BCUT2D eigenvalue weighted by Crippen LogP contribution is 2.25. The number of fused-ring (bicyclic) bond motifs is 1. The smallest absolute Gasteiger partial charge is 0.252 e. The Morgan fingerprint density at radius 3 is 2.68 bits per heavy atom. The van der Waals surface area contributed by atoms with Gasteiger partial charge in [0, 0.05) is 35.5 Å². The van der Waals surface area contributed by atoms with Gasteiger partial charge in [-0.25, -0.2) is 0 Å². The molecule has 1 aromatic carbocycles. The second kappa shape index (κ2) is 5.29. The average Bonchev–Trinajstić information content (AvgIpc) is 2.41. The number of anilines is 1. The van der Waals surface area contributed by atoms with Gasteiger partial charge in [-0.05, 0) is 26.2 Å². The molecule has 0 spiro atoms. The van der Waals surface area contributed by atoms with Crippen LogP contribution < -0.4 is 10.9 Å². The van der Waals surface area contributed by atoms with Gasteiger partial charge in [-0.3, -0.25) is 4.79 Å². The number of rotatable bonds is 4. The van der Waals surface area contributed by atoms with Crippen molar-refractivity contribution < 1.29 is 0 Å². The molecule has 0 atom stereocenters. The zero-order chi connectivity index (χ0) is 14.0. The molecule has 0 fully saturated rings. The molecule has 1 N–H and O–H groups in total. The van der Waals surface area contributed by atoms with E-state index in [2.05, 4.69) is 25.4 Å². The van der Waals surface area contributed by atoms with Crippen molar-refractivity contribution in [3.63, 3.8) is 0 Å². The Bertz CT molecular complexity index is 646. The van der Waals surface area contributed by atoms with Crippen LogP contribution in [0.4, 0.5) is 5.69 Å². The third-order valence-electron chi connectivity index (χ3n) is 3.41. The van der Waals surface area contributed by atoms with Gasteiger partial charge in [-0.2, -0.15) is 11.8 Å². The summed E-state index contributed by atoms with van der Waals surface area (Å²) < 4.78 is 1.82. The third-order valence-corrected chi connectivity index (χ3v) is 4.66. The van der Waals surface area contributed by atoms with Crippen LogP contribution in [0.2, 0.25) is 0 Å². The number of nitrogens with zero attached hydrogens (tertiary/aromatic N) is 1. The quantitative estimate of drug-likeness (QED) is 0.931. The van der Waals surface area contributed by atoms with E-state index in [4.69, 9.17) is 0 Å². The first-order valence-electron chi connectivity index (χ1n) is 6.32. The summed E-state index contributed by atoms with van der Waals surface area (Å²) in [7, 11) is 1.81. The Morgan fingerprint density at radius 2 is 2.00 bits per heavy atom. The van der Waals surface area contributed by atoms with Gasteiger partial charge in [0.05, 0.1) is 5.52 Å². The van der Waals surface area contributed by atoms with Crippen LogP contribution in [0.25, 0.3) is 10.9 Å². The lowest BCUT2D eigenvalue weighted by Crippen LogP contribution is -2.27. The van der Waals surface area contributed by atoms with Crippen LogP contribution >= 0.6 is 11.8 Å². The lowest BCUT2D eigenvalue weighted by Gasteiger charge is -2.23. The summed E-state index contributed by atoms with van der Waals surface area (Å²) in [5.74, 6) is 0. The van der Waals surface area contributed by atoms with Gasteiger partial charge in [0.15, 0.2) is 0 Å². The van der Waals surface area contributed by atoms with Gasteiger partial charge in [-0.1, -0.05) is 18.2 Å². The van der Waals surface area contributed by atoms with E-state index < -0.39 is 0 Å². The number of nitrogens with one attached hydrogen (secondary N) is 1. The Balaban J connectivity index is 2.44. The molecule has 0 amide bonds. The molecule has 102 valence electrons. The summed E-state index contributed by atoms with van der Waals surface area (Å²) in [5, 5.41) is 4.50. The molecule has 0 aliphatic rings. The normalized spacial score (nSPS) is 11.8. The standard InChI is InChI=1S/C15H20N2OS/c1-15(2,19-4)10-16-12-9-14(18)17(3)13-8-6-5-7-11(12)13/h5-9,16H,10H2,1-4H3. The summed E-state index contributed by atoms with van der Waals surface area (Å²) >= 11 is 1.81. The van der Waals surface area contributed by atoms with E-state index in [1.807, 2.05) is 36.0 Å². The SMILES string of the molecule is CSC(C)(C)CNc1cc(=O)n(C)c2ccccc12. The topological polar surface area (TPSA) is 34.0 Å². The molecular weight excluding hydrogens is 256 g/mol. The average molecular weight is 276 g/mol. The minimum absolute atomic E-state index is 0.0168. The zero-order valence-corrected chi connectivity index (χ0v) is 12.7. The maximum Gasteiger partial charge on any atom is 0.252 e. The number of pyridine rings is 1. The van der Waals surface area contributed by atoms with Crippen molar-refractivity contribution in [2.45, 2.75) is 18.6 Å². The molecule has 0 radical (unpaired) electrons. The Hall–Kier alpha value is -1.42. The van der Waals surface area contributed by atoms with E-state index in [1.54, 1.807) is 17.7 Å². The molecule has 0 saturated carbocycles. The predicted octanol–water partition coefficient (Wildman–Crippen LogP) is 3.09. The van der Waals surface area contributed by atoms with Gasteiger partial charge in [0.25, 0.3) is 5.56 Å². The Morgan fingerprint density at radius 1 is 1.32 bits per heavy atom. The number of thioether (sulfide) groups is 1. The van der Waals surface area contributed by atoms with Gasteiger partial charge in [0.2, 0.25) is 0 Å². The first-order chi connectivity index (χ1) is 8.94. The van der Waals surface area contributed by atoms with Crippen molar-refractivity contribution in [1.29, 1.82) is 0 Å². The van der Waals surface area contributed by atoms with Crippen LogP contribution in [0.15, 0.2) is 35.1 Å². The van der Waals surface area contributed by atoms with E-state index in [0.717, 1.165) is 23.1 Å².